The third-order valence-electron chi connectivity index (χ3n) is 2.17. The first-order valence-corrected chi connectivity index (χ1v) is 6.08. The second kappa shape index (κ2) is 5.96. The average Bonchev–Trinajstić information content (AvgIpc) is 2.24. The highest BCUT2D eigenvalue weighted by Gasteiger charge is 2.13. The lowest BCUT2D eigenvalue weighted by Gasteiger charge is -2.21. The van der Waals surface area contributed by atoms with E-state index in [9.17, 15) is 4.79 Å². The maximum absolute atomic E-state index is 11.6. The number of hydrogen-bond donors (Lipinski definition) is 2. The van der Waals surface area contributed by atoms with Crippen LogP contribution in [0.3, 0.4) is 0 Å². The van der Waals surface area contributed by atoms with Crippen molar-refractivity contribution >= 4 is 17.6 Å². The maximum Gasteiger partial charge on any atom is 0.315 e. The number of rotatable bonds is 3. The predicted molar refractivity (Wildman–Crippen MR) is 73.1 cm³/mol. The number of carbonyl (C=O) groups is 1. The monoisotopic (exact) mass is 270 g/mol. The van der Waals surface area contributed by atoms with E-state index in [0.29, 0.717) is 17.3 Å². The molecule has 0 unspecified atom stereocenters. The number of methoxy groups -OCH3 is 1. The lowest BCUT2D eigenvalue weighted by Crippen LogP contribution is -2.46. The molecule has 2 amide bonds. The molecule has 18 heavy (non-hydrogen) atoms. The predicted octanol–water partition coefficient (Wildman–Crippen LogP) is 2.95. The summed E-state index contributed by atoms with van der Waals surface area (Å²) >= 11 is 5.91. The van der Waals surface area contributed by atoms with Crippen molar-refractivity contribution in [1.82, 2.24) is 10.6 Å². The van der Waals surface area contributed by atoms with Crippen LogP contribution >= 0.6 is 11.6 Å². The zero-order valence-corrected chi connectivity index (χ0v) is 11.9. The van der Waals surface area contributed by atoms with Gasteiger partial charge in [-0.2, -0.15) is 0 Å². The molecule has 1 aromatic carbocycles. The van der Waals surface area contributed by atoms with Crippen molar-refractivity contribution in [1.29, 1.82) is 0 Å². The van der Waals surface area contributed by atoms with Crippen LogP contribution in [0, 0.1) is 0 Å². The number of halogens is 1. The third-order valence-corrected chi connectivity index (χ3v) is 2.41. The van der Waals surface area contributed by atoms with Crippen molar-refractivity contribution in [2.45, 2.75) is 32.9 Å². The maximum atomic E-state index is 11.6. The average molecular weight is 271 g/mol. The zero-order valence-electron chi connectivity index (χ0n) is 11.1. The normalized spacial score (nSPS) is 10.9. The molecular weight excluding hydrogens is 252 g/mol. The molecule has 0 saturated heterocycles. The Labute approximate surface area is 113 Å². The molecule has 0 bridgehead atoms. The summed E-state index contributed by atoms with van der Waals surface area (Å²) in [6, 6.07) is 5.09. The third kappa shape index (κ3) is 4.84. The van der Waals surface area contributed by atoms with E-state index < -0.39 is 0 Å². The smallest absolute Gasteiger partial charge is 0.315 e. The number of ether oxygens (including phenoxy) is 1. The Morgan fingerprint density at radius 2 is 2.06 bits per heavy atom. The fourth-order valence-electron chi connectivity index (χ4n) is 1.45. The molecule has 0 spiro atoms. The minimum absolute atomic E-state index is 0.218. The Balaban J connectivity index is 2.63. The summed E-state index contributed by atoms with van der Waals surface area (Å²) in [5.41, 5.74) is 0.580. The van der Waals surface area contributed by atoms with Gasteiger partial charge in [0.15, 0.2) is 0 Å². The highest BCUT2D eigenvalue weighted by atomic mass is 35.5. The van der Waals surface area contributed by atoms with Gasteiger partial charge in [0.1, 0.15) is 5.75 Å². The second-order valence-corrected chi connectivity index (χ2v) is 5.45. The van der Waals surface area contributed by atoms with Crippen molar-refractivity contribution in [3.05, 3.63) is 28.8 Å². The van der Waals surface area contributed by atoms with Crippen LogP contribution in [0.1, 0.15) is 26.3 Å². The van der Waals surface area contributed by atoms with Crippen molar-refractivity contribution in [3.63, 3.8) is 0 Å². The Bertz CT molecular complexity index is 427. The van der Waals surface area contributed by atoms with Gasteiger partial charge in [0.25, 0.3) is 0 Å². The summed E-state index contributed by atoms with van der Waals surface area (Å²) in [5, 5.41) is 6.20. The largest absolute Gasteiger partial charge is 0.496 e. The number of benzene rings is 1. The minimum Gasteiger partial charge on any atom is -0.496 e. The number of nitrogens with one attached hydrogen (secondary N) is 2. The van der Waals surface area contributed by atoms with Gasteiger partial charge in [-0.25, -0.2) is 4.79 Å². The summed E-state index contributed by atoms with van der Waals surface area (Å²) in [4.78, 5) is 11.6. The van der Waals surface area contributed by atoms with Crippen LogP contribution in [0.15, 0.2) is 18.2 Å². The molecule has 0 aromatic heterocycles. The van der Waals surface area contributed by atoms with Gasteiger partial charge in [-0.3, -0.25) is 0 Å². The first kappa shape index (κ1) is 14.6. The molecule has 0 radical (unpaired) electrons. The van der Waals surface area contributed by atoms with Gasteiger partial charge >= 0.3 is 6.03 Å². The van der Waals surface area contributed by atoms with E-state index >= 15 is 0 Å². The standard InChI is InChI=1S/C13H19ClN2O2/c1-13(2,3)16-12(17)15-8-9-7-10(14)5-6-11(9)18-4/h5-7H,8H2,1-4H3,(H2,15,16,17). The molecule has 0 aliphatic heterocycles. The van der Waals surface area contributed by atoms with Gasteiger partial charge in [-0.05, 0) is 39.0 Å². The first-order chi connectivity index (χ1) is 8.31. The fraction of sp³-hybridized carbons (Fsp3) is 0.462. The van der Waals surface area contributed by atoms with Gasteiger partial charge in [-0.1, -0.05) is 11.6 Å². The molecule has 0 heterocycles. The fourth-order valence-corrected chi connectivity index (χ4v) is 1.64. The molecule has 5 heteroatoms. The Hall–Kier alpha value is -1.42. The lowest BCUT2D eigenvalue weighted by molar-refractivity contribution is 0.231. The van der Waals surface area contributed by atoms with Crippen LogP contribution in [0.4, 0.5) is 4.79 Å². The van der Waals surface area contributed by atoms with E-state index in [-0.39, 0.29) is 11.6 Å². The number of urea groups is 1. The summed E-state index contributed by atoms with van der Waals surface area (Å²) in [7, 11) is 1.59. The Morgan fingerprint density at radius 1 is 1.39 bits per heavy atom. The molecule has 0 fully saturated rings. The molecule has 2 N–H and O–H groups in total. The molecule has 0 atom stereocenters. The Morgan fingerprint density at radius 3 is 2.61 bits per heavy atom. The lowest BCUT2D eigenvalue weighted by atomic mass is 10.1. The summed E-state index contributed by atoms with van der Waals surface area (Å²) in [6.45, 7) is 6.14. The quantitative estimate of drug-likeness (QED) is 0.887. The number of carbonyl (C=O) groups excluding carboxylic acids is 1. The van der Waals surface area contributed by atoms with E-state index in [1.165, 1.54) is 0 Å². The second-order valence-electron chi connectivity index (χ2n) is 5.01. The number of amides is 2. The van der Waals surface area contributed by atoms with Crippen LogP contribution < -0.4 is 15.4 Å². The van der Waals surface area contributed by atoms with Gasteiger partial charge in [-0.15, -0.1) is 0 Å². The number of hydrogen-bond acceptors (Lipinski definition) is 2. The highest BCUT2D eigenvalue weighted by molar-refractivity contribution is 6.30. The molecule has 0 aliphatic carbocycles. The van der Waals surface area contributed by atoms with Crippen molar-refractivity contribution in [2.24, 2.45) is 0 Å². The molecule has 0 saturated carbocycles. The van der Waals surface area contributed by atoms with Gasteiger partial charge < -0.3 is 15.4 Å². The van der Waals surface area contributed by atoms with Crippen LogP contribution in [0.5, 0.6) is 5.75 Å². The van der Waals surface area contributed by atoms with E-state index in [1.54, 1.807) is 25.3 Å². The van der Waals surface area contributed by atoms with Crippen molar-refractivity contribution in [3.8, 4) is 5.75 Å². The summed E-state index contributed by atoms with van der Waals surface area (Å²) < 4.78 is 5.20. The van der Waals surface area contributed by atoms with Gasteiger partial charge in [0.05, 0.1) is 7.11 Å². The molecular formula is C13H19ClN2O2. The van der Waals surface area contributed by atoms with E-state index in [0.717, 1.165) is 5.56 Å². The summed E-state index contributed by atoms with van der Waals surface area (Å²) in [5.74, 6) is 0.704. The van der Waals surface area contributed by atoms with Crippen molar-refractivity contribution < 1.29 is 9.53 Å². The van der Waals surface area contributed by atoms with E-state index in [4.69, 9.17) is 16.3 Å². The molecule has 100 valence electrons. The van der Waals surface area contributed by atoms with E-state index in [1.807, 2.05) is 20.8 Å². The molecule has 4 nitrogen and oxygen atoms in total. The molecule has 0 aliphatic rings. The van der Waals surface area contributed by atoms with Gasteiger partial charge in [0, 0.05) is 22.7 Å². The first-order valence-electron chi connectivity index (χ1n) is 5.70. The van der Waals surface area contributed by atoms with Crippen LogP contribution in [0.2, 0.25) is 5.02 Å². The van der Waals surface area contributed by atoms with Crippen LogP contribution in [-0.4, -0.2) is 18.7 Å². The topological polar surface area (TPSA) is 50.4 Å². The van der Waals surface area contributed by atoms with Gasteiger partial charge in [0.2, 0.25) is 0 Å². The van der Waals surface area contributed by atoms with E-state index in [2.05, 4.69) is 10.6 Å². The van der Waals surface area contributed by atoms with Crippen LogP contribution in [0.25, 0.3) is 0 Å². The highest BCUT2D eigenvalue weighted by Crippen LogP contribution is 2.22. The minimum atomic E-state index is -0.261. The van der Waals surface area contributed by atoms with Crippen molar-refractivity contribution in [2.75, 3.05) is 7.11 Å². The molecule has 1 aromatic rings. The SMILES string of the molecule is COc1ccc(Cl)cc1CNC(=O)NC(C)(C)C. The summed E-state index contributed by atoms with van der Waals surface area (Å²) in [6.07, 6.45) is 0. The zero-order chi connectivity index (χ0) is 13.8. The molecule has 1 rings (SSSR count). The Kier molecular flexibility index (Phi) is 4.84. The van der Waals surface area contributed by atoms with Crippen LogP contribution in [-0.2, 0) is 6.54 Å².